The van der Waals surface area contributed by atoms with Gasteiger partial charge in [0.1, 0.15) is 30.0 Å². The Bertz CT molecular complexity index is 955. The highest BCUT2D eigenvalue weighted by Crippen LogP contribution is 2.36. The Hall–Kier alpha value is -2.45. The number of ether oxygens (including phenoxy) is 2. The highest BCUT2D eigenvalue weighted by molar-refractivity contribution is 5.94. The Kier molecular flexibility index (Phi) is 5.07. The fourth-order valence-electron chi connectivity index (χ4n) is 3.71. The van der Waals surface area contributed by atoms with E-state index in [2.05, 4.69) is 0 Å². The van der Waals surface area contributed by atoms with Crippen LogP contribution in [0.25, 0.3) is 16.5 Å². The van der Waals surface area contributed by atoms with Gasteiger partial charge in [-0.1, -0.05) is 12.1 Å². The molecular formula is C21H22O7. The molecule has 0 saturated carbocycles. The number of fused-ring (bicyclic) bond motifs is 1. The number of carbonyl (C=O) groups is 1. The van der Waals surface area contributed by atoms with E-state index in [-0.39, 0.29) is 0 Å². The first-order valence-corrected chi connectivity index (χ1v) is 9.15. The van der Waals surface area contributed by atoms with Gasteiger partial charge in [-0.05, 0) is 35.8 Å². The van der Waals surface area contributed by atoms with E-state index in [4.69, 9.17) is 13.9 Å². The Labute approximate surface area is 161 Å². The third-order valence-corrected chi connectivity index (χ3v) is 5.36. The summed E-state index contributed by atoms with van der Waals surface area (Å²) in [6.45, 7) is -0.498. The molecule has 2 aromatic rings. The number of benzene rings is 1. The van der Waals surface area contributed by atoms with Crippen molar-refractivity contribution in [2.75, 3.05) is 13.7 Å². The van der Waals surface area contributed by atoms with E-state index in [9.17, 15) is 20.1 Å². The Morgan fingerprint density at radius 1 is 1.21 bits per heavy atom. The molecule has 148 valence electrons. The molecule has 1 fully saturated rings. The minimum Gasteiger partial charge on any atom is -0.501 e. The normalized spacial score (nSPS) is 28.2. The molecule has 7 nitrogen and oxygen atoms in total. The van der Waals surface area contributed by atoms with Gasteiger partial charge in [-0.3, -0.25) is 4.79 Å². The van der Waals surface area contributed by atoms with Crippen molar-refractivity contribution in [3.8, 4) is 0 Å². The molecule has 0 unspecified atom stereocenters. The van der Waals surface area contributed by atoms with Gasteiger partial charge in [0.2, 0.25) is 0 Å². The van der Waals surface area contributed by atoms with Gasteiger partial charge < -0.3 is 29.2 Å². The molecule has 1 aromatic heterocycles. The summed E-state index contributed by atoms with van der Waals surface area (Å²) in [5.74, 6) is 0.284. The van der Waals surface area contributed by atoms with Gasteiger partial charge in [0.15, 0.2) is 5.78 Å². The smallest absolute Gasteiger partial charge is 0.197 e. The highest BCUT2D eigenvalue weighted by Gasteiger charge is 2.43. The van der Waals surface area contributed by atoms with E-state index in [1.54, 1.807) is 31.6 Å². The minimum absolute atomic E-state index is 0.498. The Morgan fingerprint density at radius 3 is 2.71 bits per heavy atom. The lowest BCUT2D eigenvalue weighted by molar-refractivity contribution is -0.189. The molecule has 7 heteroatoms. The van der Waals surface area contributed by atoms with Crippen LogP contribution >= 0.6 is 0 Å². The van der Waals surface area contributed by atoms with Crippen molar-refractivity contribution in [1.82, 2.24) is 0 Å². The molecule has 0 amide bonds. The fraction of sp³-hybridized carbons (Fsp3) is 0.381. The van der Waals surface area contributed by atoms with Crippen LogP contribution in [0.15, 0.2) is 46.8 Å². The van der Waals surface area contributed by atoms with Crippen LogP contribution in [-0.2, 0) is 14.3 Å². The minimum atomic E-state index is -1.60. The number of aliphatic hydroxyl groups is 3. The third-order valence-electron chi connectivity index (χ3n) is 5.36. The molecular weight excluding hydrogens is 364 g/mol. The summed E-state index contributed by atoms with van der Waals surface area (Å²) in [6, 6.07) is 5.23. The molecule has 2 heterocycles. The first-order valence-electron chi connectivity index (χ1n) is 9.15. The summed E-state index contributed by atoms with van der Waals surface area (Å²) < 4.78 is 16.5. The van der Waals surface area contributed by atoms with Crippen LogP contribution in [0.4, 0.5) is 0 Å². The summed E-state index contributed by atoms with van der Waals surface area (Å²) in [5, 5.41) is 30.1. The van der Waals surface area contributed by atoms with E-state index in [1.165, 1.54) is 0 Å². The van der Waals surface area contributed by atoms with E-state index < -0.39 is 36.8 Å². The number of allylic oxidation sites excluding steroid dienone is 4. The van der Waals surface area contributed by atoms with Crippen molar-refractivity contribution >= 4 is 22.3 Å². The van der Waals surface area contributed by atoms with Gasteiger partial charge in [-0.25, -0.2) is 0 Å². The predicted molar refractivity (Wildman–Crippen MR) is 100 cm³/mol. The second-order valence-corrected chi connectivity index (χ2v) is 7.01. The van der Waals surface area contributed by atoms with Crippen molar-refractivity contribution in [3.05, 3.63) is 53.5 Å². The first-order chi connectivity index (χ1) is 13.5. The van der Waals surface area contributed by atoms with Gasteiger partial charge >= 0.3 is 0 Å². The second kappa shape index (κ2) is 7.52. The van der Waals surface area contributed by atoms with Crippen LogP contribution in [0, 0.1) is 0 Å². The van der Waals surface area contributed by atoms with Crippen LogP contribution in [0.2, 0.25) is 0 Å². The molecule has 3 N–H and O–H groups in total. The fourth-order valence-corrected chi connectivity index (χ4v) is 3.71. The number of Topliss-reactive ketones (excluding diaryl/α,β-unsaturated/α-hetero) is 1. The molecule has 2 aliphatic rings. The largest absolute Gasteiger partial charge is 0.501 e. The van der Waals surface area contributed by atoms with Gasteiger partial charge in [-0.15, -0.1) is 0 Å². The highest BCUT2D eigenvalue weighted by atomic mass is 16.5. The molecule has 4 rings (SSSR count). The number of hydrogen-bond acceptors (Lipinski definition) is 7. The van der Waals surface area contributed by atoms with Crippen molar-refractivity contribution in [2.45, 2.75) is 37.3 Å². The molecule has 1 aromatic carbocycles. The number of rotatable bonds is 4. The summed E-state index contributed by atoms with van der Waals surface area (Å²) in [4.78, 5) is 12.5. The van der Waals surface area contributed by atoms with Crippen LogP contribution in [0.5, 0.6) is 0 Å². The van der Waals surface area contributed by atoms with Gasteiger partial charge in [0.25, 0.3) is 0 Å². The lowest BCUT2D eigenvalue weighted by atomic mass is 9.91. The third kappa shape index (κ3) is 3.16. The number of aliphatic hydroxyl groups excluding tert-OH is 3. The number of carbonyl (C=O) groups excluding carboxylic acids is 1. The zero-order valence-corrected chi connectivity index (χ0v) is 15.4. The van der Waals surface area contributed by atoms with Gasteiger partial charge in [0.05, 0.1) is 25.7 Å². The average Bonchev–Trinajstić information content (AvgIpc) is 3.15. The Balaban J connectivity index is 1.71. The molecule has 1 aliphatic carbocycles. The van der Waals surface area contributed by atoms with Crippen molar-refractivity contribution < 1.29 is 34.0 Å². The summed E-state index contributed by atoms with van der Waals surface area (Å²) in [5.41, 5.74) is 3.22. The monoisotopic (exact) mass is 386 g/mol. The van der Waals surface area contributed by atoms with Crippen molar-refractivity contribution in [3.63, 3.8) is 0 Å². The van der Waals surface area contributed by atoms with Crippen LogP contribution in [0.3, 0.4) is 0 Å². The number of furan rings is 1. The van der Waals surface area contributed by atoms with Crippen LogP contribution in [0.1, 0.15) is 30.1 Å². The maximum Gasteiger partial charge on any atom is 0.197 e. The predicted octanol–water partition coefficient (Wildman–Crippen LogP) is 1.86. The zero-order valence-electron chi connectivity index (χ0n) is 15.4. The molecule has 0 spiro atoms. The van der Waals surface area contributed by atoms with Gasteiger partial charge in [-0.2, -0.15) is 0 Å². The molecule has 4 atom stereocenters. The number of methoxy groups -OCH3 is 1. The van der Waals surface area contributed by atoms with E-state index in [0.29, 0.717) is 11.1 Å². The summed E-state index contributed by atoms with van der Waals surface area (Å²) >= 11 is 0. The first kappa shape index (κ1) is 18.9. The molecule has 0 bridgehead atoms. The number of hydrogen-bond donors (Lipinski definition) is 3. The molecule has 1 aliphatic heterocycles. The van der Waals surface area contributed by atoms with Crippen molar-refractivity contribution in [2.24, 2.45) is 0 Å². The summed E-state index contributed by atoms with van der Waals surface area (Å²) in [7, 11) is 1.65. The van der Waals surface area contributed by atoms with Crippen molar-refractivity contribution in [1.29, 1.82) is 0 Å². The average molecular weight is 386 g/mol. The maximum atomic E-state index is 12.5. The Morgan fingerprint density at radius 2 is 2.04 bits per heavy atom. The topological polar surface area (TPSA) is 109 Å². The van der Waals surface area contributed by atoms with E-state index >= 15 is 0 Å². The quantitative estimate of drug-likeness (QED) is 0.736. The lowest BCUT2D eigenvalue weighted by Crippen LogP contribution is -2.53. The van der Waals surface area contributed by atoms with Gasteiger partial charge in [0, 0.05) is 17.4 Å². The maximum absolute atomic E-state index is 12.5. The zero-order chi connectivity index (χ0) is 19.8. The SMILES string of the molecule is COC1=CC=C(c2coc3ccc([C@@H]4O[C@H](CO)[C@@H](O)[C@H](O)C4=O)cc23)CC1. The molecule has 0 radical (unpaired) electrons. The van der Waals surface area contributed by atoms with E-state index in [1.807, 2.05) is 12.2 Å². The molecule has 1 saturated heterocycles. The standard InChI is InChI=1S/C21H22O7/c1-26-13-5-2-11(3-6-13)15-10-27-16-7-4-12(8-14(15)16)21-20(25)19(24)18(23)17(9-22)28-21/h2,4-5,7-8,10,17-19,21-24H,3,6,9H2,1H3/t17-,18-,19+,21+/m1/s1. The van der Waals surface area contributed by atoms with E-state index in [0.717, 1.165) is 35.1 Å². The van der Waals surface area contributed by atoms with Crippen LogP contribution < -0.4 is 0 Å². The van der Waals surface area contributed by atoms with Crippen LogP contribution in [-0.4, -0.2) is 53.1 Å². The summed E-state index contributed by atoms with van der Waals surface area (Å²) in [6.07, 6.45) is 2.05. The second-order valence-electron chi connectivity index (χ2n) is 7.01. The lowest BCUT2D eigenvalue weighted by Gasteiger charge is -2.35. The number of ketones is 1. The molecule has 28 heavy (non-hydrogen) atoms.